The number of hydrogen-bond acceptors (Lipinski definition) is 6. The van der Waals surface area contributed by atoms with E-state index in [1.165, 1.54) is 16.9 Å². The Balaban J connectivity index is 1.24. The molecule has 164 valence electrons. The van der Waals surface area contributed by atoms with Gasteiger partial charge in [-0.05, 0) is 50.6 Å². The number of thiophene rings is 1. The van der Waals surface area contributed by atoms with Gasteiger partial charge in [0.1, 0.15) is 10.7 Å². The molecule has 0 bridgehead atoms. The van der Waals surface area contributed by atoms with E-state index in [1.54, 1.807) is 23.1 Å². The zero-order valence-electron chi connectivity index (χ0n) is 18.0. The van der Waals surface area contributed by atoms with Gasteiger partial charge < -0.3 is 14.8 Å². The summed E-state index contributed by atoms with van der Waals surface area (Å²) < 4.78 is 0. The minimum atomic E-state index is 0.000208. The molecule has 0 spiro atoms. The third kappa shape index (κ3) is 4.75. The van der Waals surface area contributed by atoms with E-state index in [0.29, 0.717) is 18.2 Å². The molecule has 1 N–H and O–H groups in total. The lowest BCUT2D eigenvalue weighted by atomic mass is 10.0. The SMILES string of the molecule is CCCN1CCC(N(C)C(=O)CCSCc2nc3sc4c(c3c(=O)[nH]2)CCC4)CC1. The second kappa shape index (κ2) is 9.83. The van der Waals surface area contributed by atoms with Gasteiger partial charge in [-0.3, -0.25) is 9.59 Å². The number of fused-ring (bicyclic) bond motifs is 3. The maximum absolute atomic E-state index is 12.6. The van der Waals surface area contributed by atoms with E-state index in [9.17, 15) is 9.59 Å². The Kier molecular flexibility index (Phi) is 7.16. The number of rotatable bonds is 8. The van der Waals surface area contributed by atoms with Crippen LogP contribution in [0.5, 0.6) is 0 Å². The summed E-state index contributed by atoms with van der Waals surface area (Å²) in [4.78, 5) is 39.4. The zero-order chi connectivity index (χ0) is 21.1. The van der Waals surface area contributed by atoms with Crippen LogP contribution in [0.1, 0.15) is 55.3 Å². The molecule has 0 aromatic carbocycles. The molecule has 1 aliphatic carbocycles. The van der Waals surface area contributed by atoms with Crippen LogP contribution in [-0.4, -0.2) is 64.2 Å². The normalized spacial score (nSPS) is 17.5. The first kappa shape index (κ1) is 21.8. The first-order valence-corrected chi connectivity index (χ1v) is 13.1. The molecule has 0 radical (unpaired) electrons. The lowest BCUT2D eigenvalue weighted by Gasteiger charge is -2.36. The van der Waals surface area contributed by atoms with Gasteiger partial charge in [0, 0.05) is 43.2 Å². The van der Waals surface area contributed by atoms with Crippen molar-refractivity contribution < 1.29 is 4.79 Å². The monoisotopic (exact) mass is 448 g/mol. The number of hydrogen-bond donors (Lipinski definition) is 1. The lowest BCUT2D eigenvalue weighted by molar-refractivity contribution is -0.132. The maximum atomic E-state index is 12.6. The van der Waals surface area contributed by atoms with E-state index >= 15 is 0 Å². The number of amides is 1. The highest BCUT2D eigenvalue weighted by atomic mass is 32.2. The second-order valence-corrected chi connectivity index (χ2v) is 10.6. The van der Waals surface area contributed by atoms with Crippen molar-refractivity contribution in [3.63, 3.8) is 0 Å². The molecule has 1 saturated heterocycles. The number of carbonyl (C=O) groups is 1. The highest BCUT2D eigenvalue weighted by Gasteiger charge is 2.25. The molecule has 0 atom stereocenters. The fourth-order valence-corrected chi connectivity index (χ4v) is 6.74. The molecule has 4 rings (SSSR count). The van der Waals surface area contributed by atoms with Gasteiger partial charge in [0.25, 0.3) is 5.56 Å². The van der Waals surface area contributed by atoms with Crippen LogP contribution in [0.2, 0.25) is 0 Å². The van der Waals surface area contributed by atoms with Gasteiger partial charge in [-0.1, -0.05) is 6.92 Å². The molecule has 1 amide bonds. The molecule has 6 nitrogen and oxygen atoms in total. The summed E-state index contributed by atoms with van der Waals surface area (Å²) in [7, 11) is 1.95. The minimum Gasteiger partial charge on any atom is -0.343 e. The van der Waals surface area contributed by atoms with Crippen molar-refractivity contribution in [1.82, 2.24) is 19.8 Å². The Labute approximate surface area is 186 Å². The van der Waals surface area contributed by atoms with Crippen LogP contribution >= 0.6 is 23.1 Å². The smallest absolute Gasteiger partial charge is 0.259 e. The predicted octanol–water partition coefficient (Wildman–Crippen LogP) is 3.43. The van der Waals surface area contributed by atoms with Crippen LogP contribution in [-0.2, 0) is 23.4 Å². The third-order valence-corrected chi connectivity index (χ3v) is 8.52. The fourth-order valence-electron chi connectivity index (χ4n) is 4.67. The Morgan fingerprint density at radius 3 is 2.90 bits per heavy atom. The molecule has 2 aromatic rings. The molecular weight excluding hydrogens is 416 g/mol. The van der Waals surface area contributed by atoms with E-state index in [2.05, 4.69) is 21.8 Å². The average molecular weight is 449 g/mol. The number of H-pyrrole nitrogens is 1. The van der Waals surface area contributed by atoms with Crippen molar-refractivity contribution in [1.29, 1.82) is 0 Å². The first-order valence-electron chi connectivity index (χ1n) is 11.2. The number of nitrogens with zero attached hydrogens (tertiary/aromatic N) is 3. The van der Waals surface area contributed by atoms with Crippen LogP contribution < -0.4 is 5.56 Å². The number of nitrogens with one attached hydrogen (secondary N) is 1. The minimum absolute atomic E-state index is 0.000208. The standard InChI is InChI=1S/C22H32N4O2S2/c1-3-10-26-11-7-15(8-12-26)25(2)19(27)9-13-29-14-18-23-21(28)20-16-5-4-6-17(16)30-22(20)24-18/h15H,3-14H2,1-2H3,(H,23,24,28). The molecule has 3 heterocycles. The molecular formula is C22H32N4O2S2. The van der Waals surface area contributed by atoms with Crippen molar-refractivity contribution in [3.8, 4) is 0 Å². The topological polar surface area (TPSA) is 69.3 Å². The number of thioether (sulfide) groups is 1. The summed E-state index contributed by atoms with van der Waals surface area (Å²) in [5.74, 6) is 2.34. The van der Waals surface area contributed by atoms with Gasteiger partial charge in [0.05, 0.1) is 11.1 Å². The van der Waals surface area contributed by atoms with Crippen molar-refractivity contribution >= 4 is 39.2 Å². The van der Waals surface area contributed by atoms with Gasteiger partial charge in [-0.15, -0.1) is 11.3 Å². The predicted molar refractivity (Wildman–Crippen MR) is 126 cm³/mol. The maximum Gasteiger partial charge on any atom is 0.259 e. The molecule has 2 aromatic heterocycles. The second-order valence-electron chi connectivity index (χ2n) is 8.43. The third-order valence-electron chi connectivity index (χ3n) is 6.36. The number of aromatic amines is 1. The van der Waals surface area contributed by atoms with Crippen molar-refractivity contribution in [2.45, 2.75) is 63.7 Å². The van der Waals surface area contributed by atoms with Crippen LogP contribution in [0.25, 0.3) is 10.2 Å². The van der Waals surface area contributed by atoms with Gasteiger partial charge in [0.15, 0.2) is 0 Å². The van der Waals surface area contributed by atoms with Crippen LogP contribution in [0, 0.1) is 0 Å². The molecule has 0 unspecified atom stereocenters. The highest BCUT2D eigenvalue weighted by Crippen LogP contribution is 2.34. The summed E-state index contributed by atoms with van der Waals surface area (Å²) >= 11 is 3.35. The van der Waals surface area contributed by atoms with Crippen molar-refractivity contribution in [2.75, 3.05) is 32.4 Å². The molecule has 8 heteroatoms. The average Bonchev–Trinajstić information content (AvgIpc) is 3.32. The van der Waals surface area contributed by atoms with Crippen LogP contribution in [0.4, 0.5) is 0 Å². The van der Waals surface area contributed by atoms with Gasteiger partial charge >= 0.3 is 0 Å². The fraction of sp³-hybridized carbons (Fsp3) is 0.682. The molecule has 0 saturated carbocycles. The number of piperidine rings is 1. The van der Waals surface area contributed by atoms with E-state index in [-0.39, 0.29) is 11.5 Å². The first-order chi connectivity index (χ1) is 14.6. The summed E-state index contributed by atoms with van der Waals surface area (Å²) in [6, 6.07) is 0.372. The van der Waals surface area contributed by atoms with Crippen LogP contribution in [0.15, 0.2) is 4.79 Å². The Bertz CT molecular complexity index is 946. The van der Waals surface area contributed by atoms with Gasteiger partial charge in [-0.25, -0.2) is 4.98 Å². The van der Waals surface area contributed by atoms with Crippen LogP contribution in [0.3, 0.4) is 0 Å². The van der Waals surface area contributed by atoms with E-state index in [0.717, 1.165) is 73.5 Å². The zero-order valence-corrected chi connectivity index (χ0v) is 19.7. The quantitative estimate of drug-likeness (QED) is 0.627. The van der Waals surface area contributed by atoms with Gasteiger partial charge in [-0.2, -0.15) is 11.8 Å². The summed E-state index contributed by atoms with van der Waals surface area (Å²) in [5, 5.41) is 0.808. The Morgan fingerprint density at radius 2 is 2.13 bits per heavy atom. The van der Waals surface area contributed by atoms with Crippen molar-refractivity contribution in [3.05, 3.63) is 26.6 Å². The molecule has 2 aliphatic rings. The van der Waals surface area contributed by atoms with E-state index in [1.807, 2.05) is 11.9 Å². The number of aromatic nitrogens is 2. The summed E-state index contributed by atoms with van der Waals surface area (Å²) in [6.07, 6.45) is 7.11. The number of aryl methyl sites for hydroxylation is 2. The Morgan fingerprint density at radius 1 is 1.33 bits per heavy atom. The van der Waals surface area contributed by atoms with Crippen molar-refractivity contribution in [2.24, 2.45) is 0 Å². The molecule has 30 heavy (non-hydrogen) atoms. The Hall–Kier alpha value is -1.38. The van der Waals surface area contributed by atoms with E-state index < -0.39 is 0 Å². The largest absolute Gasteiger partial charge is 0.343 e. The number of likely N-dealkylation sites (tertiary alicyclic amines) is 1. The highest BCUT2D eigenvalue weighted by molar-refractivity contribution is 7.98. The van der Waals surface area contributed by atoms with E-state index in [4.69, 9.17) is 0 Å². The molecule has 1 fully saturated rings. The summed E-state index contributed by atoms with van der Waals surface area (Å²) in [6.45, 7) is 5.57. The van der Waals surface area contributed by atoms with Gasteiger partial charge in [0.2, 0.25) is 5.91 Å². The lowest BCUT2D eigenvalue weighted by Crippen LogP contribution is -2.45. The number of carbonyl (C=O) groups excluding carboxylic acids is 1. The summed E-state index contributed by atoms with van der Waals surface area (Å²) in [5.41, 5.74) is 1.22. The molecule has 1 aliphatic heterocycles.